The van der Waals surface area contributed by atoms with Gasteiger partial charge in [-0.2, -0.15) is 0 Å². The van der Waals surface area contributed by atoms with Gasteiger partial charge in [-0.25, -0.2) is 18.4 Å². The molecule has 2 aromatic carbocycles. The van der Waals surface area contributed by atoms with Crippen LogP contribution in [0.4, 0.5) is 11.4 Å². The number of aromatic carboxylic acids is 1. The van der Waals surface area contributed by atoms with Crippen LogP contribution in [0.25, 0.3) is 0 Å². The number of rotatable bonds is 4. The van der Waals surface area contributed by atoms with Crippen molar-refractivity contribution in [3.05, 3.63) is 53.6 Å². The van der Waals surface area contributed by atoms with Gasteiger partial charge in [-0.1, -0.05) is 18.2 Å². The van der Waals surface area contributed by atoms with Gasteiger partial charge in [-0.15, -0.1) is 0 Å². The molecule has 0 spiro atoms. The minimum absolute atomic E-state index is 0.162. The lowest BCUT2D eigenvalue weighted by molar-refractivity contribution is 0.0697. The molecule has 110 valence electrons. The molecule has 0 radical (unpaired) electrons. The van der Waals surface area contributed by atoms with Crippen LogP contribution in [0.2, 0.25) is 0 Å². The van der Waals surface area contributed by atoms with Crippen LogP contribution < -0.4 is 10.5 Å². The lowest BCUT2D eigenvalue weighted by atomic mass is 10.1. The fourth-order valence-electron chi connectivity index (χ4n) is 1.84. The Morgan fingerprint density at radius 2 is 1.81 bits per heavy atom. The lowest BCUT2D eigenvalue weighted by Gasteiger charge is -2.12. The van der Waals surface area contributed by atoms with Gasteiger partial charge in [0.2, 0.25) is 10.0 Å². The third kappa shape index (κ3) is 3.39. The highest BCUT2D eigenvalue weighted by Gasteiger charge is 2.16. The van der Waals surface area contributed by atoms with Gasteiger partial charge in [0.1, 0.15) is 0 Å². The van der Waals surface area contributed by atoms with E-state index in [1.54, 1.807) is 6.07 Å². The average molecular weight is 306 g/mol. The fraction of sp³-hybridized carbons (Fsp3) is 0.0714. The summed E-state index contributed by atoms with van der Waals surface area (Å²) in [5.41, 5.74) is 1.81. The Hall–Kier alpha value is -2.38. The van der Waals surface area contributed by atoms with Gasteiger partial charge >= 0.3 is 5.97 Å². The molecule has 4 N–H and O–H groups in total. The molecular weight excluding hydrogens is 292 g/mol. The van der Waals surface area contributed by atoms with Crippen LogP contribution >= 0.6 is 0 Å². The molecule has 0 atom stereocenters. The Labute approximate surface area is 122 Å². The van der Waals surface area contributed by atoms with Gasteiger partial charge in [-0.3, -0.25) is 0 Å². The summed E-state index contributed by atoms with van der Waals surface area (Å²) in [5, 5.41) is 17.2. The number of hydrogen-bond donors (Lipinski definition) is 3. The number of nitrogens with two attached hydrogens (primary N) is 1. The third-order valence-electron chi connectivity index (χ3n) is 2.96. The van der Waals surface area contributed by atoms with Crippen LogP contribution in [-0.2, 0) is 10.0 Å². The number of carboxylic acid groups (broad SMARTS) is 1. The topological polar surface area (TPSA) is 109 Å². The zero-order chi connectivity index (χ0) is 15.6. The molecule has 0 aliphatic heterocycles. The molecule has 0 amide bonds. The molecule has 2 rings (SSSR count). The Morgan fingerprint density at radius 1 is 1.14 bits per heavy atom. The number of carbonyl (C=O) groups is 1. The molecule has 0 heterocycles. The van der Waals surface area contributed by atoms with E-state index in [0.29, 0.717) is 5.69 Å². The second kappa shape index (κ2) is 5.55. The number of aryl methyl sites for hydroxylation is 1. The first-order chi connectivity index (χ1) is 9.79. The molecule has 0 saturated heterocycles. The number of hydrogen-bond acceptors (Lipinski definition) is 4. The molecule has 21 heavy (non-hydrogen) atoms. The second-order valence-corrected chi connectivity index (χ2v) is 6.06. The van der Waals surface area contributed by atoms with Crippen LogP contribution in [0.15, 0.2) is 47.4 Å². The van der Waals surface area contributed by atoms with E-state index in [1.165, 1.54) is 12.1 Å². The SMILES string of the molecule is Cc1ccccc1Nc1ccc(S(N)(=O)=O)cc1C(=O)O. The maximum atomic E-state index is 11.3. The minimum atomic E-state index is -3.95. The lowest BCUT2D eigenvalue weighted by Crippen LogP contribution is -2.14. The maximum Gasteiger partial charge on any atom is 0.337 e. The first kappa shape index (κ1) is 15.0. The molecule has 2 aromatic rings. The van der Waals surface area contributed by atoms with Crippen molar-refractivity contribution in [1.82, 2.24) is 0 Å². The third-order valence-corrected chi connectivity index (χ3v) is 3.88. The highest BCUT2D eigenvalue weighted by Crippen LogP contribution is 2.25. The van der Waals surface area contributed by atoms with Crippen LogP contribution in [0.1, 0.15) is 15.9 Å². The van der Waals surface area contributed by atoms with Crippen molar-refractivity contribution >= 4 is 27.4 Å². The molecule has 0 saturated carbocycles. The van der Waals surface area contributed by atoms with E-state index in [2.05, 4.69) is 5.32 Å². The summed E-state index contributed by atoms with van der Waals surface area (Å²) in [4.78, 5) is 11.1. The summed E-state index contributed by atoms with van der Waals surface area (Å²) in [7, 11) is -3.95. The maximum absolute atomic E-state index is 11.3. The number of nitrogens with one attached hydrogen (secondary N) is 1. The van der Waals surface area contributed by atoms with Gasteiger partial charge in [0, 0.05) is 5.69 Å². The number of benzene rings is 2. The Balaban J connectivity index is 2.50. The van der Waals surface area contributed by atoms with Gasteiger partial charge in [0.25, 0.3) is 0 Å². The summed E-state index contributed by atoms with van der Waals surface area (Å²) in [6, 6.07) is 11.0. The molecule has 7 heteroatoms. The van der Waals surface area contributed by atoms with Gasteiger partial charge in [0.05, 0.1) is 16.1 Å². The predicted molar refractivity (Wildman–Crippen MR) is 79.2 cm³/mol. The second-order valence-electron chi connectivity index (χ2n) is 4.50. The van der Waals surface area contributed by atoms with E-state index >= 15 is 0 Å². The summed E-state index contributed by atoms with van der Waals surface area (Å²) in [6.45, 7) is 1.88. The van der Waals surface area contributed by atoms with Crippen molar-refractivity contribution in [2.45, 2.75) is 11.8 Å². The smallest absolute Gasteiger partial charge is 0.337 e. The average Bonchev–Trinajstić information content (AvgIpc) is 2.40. The summed E-state index contributed by atoms with van der Waals surface area (Å²) < 4.78 is 22.6. The number of para-hydroxylation sites is 1. The van der Waals surface area contributed by atoms with E-state index in [0.717, 1.165) is 17.3 Å². The fourth-order valence-corrected chi connectivity index (χ4v) is 2.38. The monoisotopic (exact) mass is 306 g/mol. The van der Waals surface area contributed by atoms with E-state index in [9.17, 15) is 18.3 Å². The van der Waals surface area contributed by atoms with E-state index in [-0.39, 0.29) is 10.5 Å². The quantitative estimate of drug-likeness (QED) is 0.801. The normalized spacial score (nSPS) is 11.1. The van der Waals surface area contributed by atoms with Crippen molar-refractivity contribution in [2.24, 2.45) is 5.14 Å². The Bertz CT molecular complexity index is 800. The molecule has 0 aliphatic carbocycles. The standard InChI is InChI=1S/C14H14N2O4S/c1-9-4-2-3-5-12(9)16-13-7-6-10(21(15,19)20)8-11(13)14(17)18/h2-8,16H,1H3,(H,17,18)(H2,15,19,20). The van der Waals surface area contributed by atoms with E-state index in [4.69, 9.17) is 5.14 Å². The largest absolute Gasteiger partial charge is 0.478 e. The number of carboxylic acids is 1. The van der Waals surface area contributed by atoms with E-state index in [1.807, 2.05) is 25.1 Å². The van der Waals surface area contributed by atoms with Crippen LogP contribution in [0.5, 0.6) is 0 Å². The van der Waals surface area contributed by atoms with Gasteiger partial charge in [0.15, 0.2) is 0 Å². The van der Waals surface area contributed by atoms with Crippen molar-refractivity contribution in [1.29, 1.82) is 0 Å². The molecule has 6 nitrogen and oxygen atoms in total. The number of primary sulfonamides is 1. The zero-order valence-electron chi connectivity index (χ0n) is 11.2. The molecular formula is C14H14N2O4S. The Kier molecular flexibility index (Phi) is 3.97. The van der Waals surface area contributed by atoms with Crippen molar-refractivity contribution < 1.29 is 18.3 Å². The summed E-state index contributed by atoms with van der Waals surface area (Å²) in [6.07, 6.45) is 0. The number of sulfonamides is 1. The number of anilines is 2. The van der Waals surface area contributed by atoms with Crippen LogP contribution in [-0.4, -0.2) is 19.5 Å². The van der Waals surface area contributed by atoms with E-state index < -0.39 is 16.0 Å². The highest BCUT2D eigenvalue weighted by atomic mass is 32.2. The highest BCUT2D eigenvalue weighted by molar-refractivity contribution is 7.89. The van der Waals surface area contributed by atoms with Crippen LogP contribution in [0.3, 0.4) is 0 Å². The van der Waals surface area contributed by atoms with Gasteiger partial charge in [-0.05, 0) is 36.8 Å². The summed E-state index contributed by atoms with van der Waals surface area (Å²) >= 11 is 0. The van der Waals surface area contributed by atoms with Crippen molar-refractivity contribution in [3.63, 3.8) is 0 Å². The Morgan fingerprint density at radius 3 is 2.38 bits per heavy atom. The first-order valence-electron chi connectivity index (χ1n) is 6.02. The van der Waals surface area contributed by atoms with Crippen LogP contribution in [0, 0.1) is 6.92 Å². The molecule has 0 bridgehead atoms. The zero-order valence-corrected chi connectivity index (χ0v) is 12.0. The van der Waals surface area contributed by atoms with Gasteiger partial charge < -0.3 is 10.4 Å². The first-order valence-corrected chi connectivity index (χ1v) is 7.56. The van der Waals surface area contributed by atoms with Crippen molar-refractivity contribution in [3.8, 4) is 0 Å². The minimum Gasteiger partial charge on any atom is -0.478 e. The molecule has 0 fully saturated rings. The summed E-state index contributed by atoms with van der Waals surface area (Å²) in [5.74, 6) is -1.24. The predicted octanol–water partition coefficient (Wildman–Crippen LogP) is 2.08. The van der Waals surface area contributed by atoms with Crippen molar-refractivity contribution in [2.75, 3.05) is 5.32 Å². The molecule has 0 aliphatic rings. The molecule has 0 unspecified atom stereocenters. The molecule has 0 aromatic heterocycles.